The van der Waals surface area contributed by atoms with Crippen LogP contribution in [0.2, 0.25) is 0 Å². The van der Waals surface area contributed by atoms with E-state index in [-0.39, 0.29) is 43.1 Å². The van der Waals surface area contributed by atoms with Gasteiger partial charge in [-0.2, -0.15) is 0 Å². The van der Waals surface area contributed by atoms with Gasteiger partial charge in [-0.1, -0.05) is 18.2 Å². The third-order valence-electron chi connectivity index (χ3n) is 7.58. The van der Waals surface area contributed by atoms with E-state index >= 15 is 0 Å². The van der Waals surface area contributed by atoms with E-state index in [1.807, 2.05) is 6.07 Å². The van der Waals surface area contributed by atoms with Crippen LogP contribution in [-0.2, 0) is 20.7 Å². The molecule has 3 atom stereocenters. The number of nitrogens with zero attached hydrogens (tertiary/aromatic N) is 2. The van der Waals surface area contributed by atoms with Gasteiger partial charge < -0.3 is 25.2 Å². The van der Waals surface area contributed by atoms with Crippen LogP contribution in [0.15, 0.2) is 24.3 Å². The van der Waals surface area contributed by atoms with Crippen LogP contribution in [0, 0.1) is 11.3 Å². The van der Waals surface area contributed by atoms with Gasteiger partial charge in [-0.15, -0.1) is 0 Å². The molecule has 3 aliphatic rings. The Morgan fingerprint density at radius 1 is 1.16 bits per heavy atom. The zero-order valence-corrected chi connectivity index (χ0v) is 18.7. The highest BCUT2D eigenvalue weighted by atomic mass is 16.5. The molecule has 8 nitrogen and oxygen atoms in total. The summed E-state index contributed by atoms with van der Waals surface area (Å²) in [6, 6.07) is 7.35. The molecular weight excluding hydrogens is 410 g/mol. The summed E-state index contributed by atoms with van der Waals surface area (Å²) in [6.45, 7) is 4.55. The summed E-state index contributed by atoms with van der Waals surface area (Å²) in [7, 11) is 0. The lowest BCUT2D eigenvalue weighted by Crippen LogP contribution is -2.61. The molecule has 176 valence electrons. The summed E-state index contributed by atoms with van der Waals surface area (Å²) >= 11 is 0. The van der Waals surface area contributed by atoms with Crippen molar-refractivity contribution in [3.8, 4) is 5.75 Å². The highest BCUT2D eigenvalue weighted by Crippen LogP contribution is 2.48. The Balaban J connectivity index is 1.49. The van der Waals surface area contributed by atoms with Gasteiger partial charge in [0.1, 0.15) is 5.75 Å². The van der Waals surface area contributed by atoms with Crippen LogP contribution >= 0.6 is 0 Å². The van der Waals surface area contributed by atoms with Gasteiger partial charge >= 0.3 is 0 Å². The maximum absolute atomic E-state index is 13.3. The number of amides is 2. The molecule has 1 aromatic carbocycles. The van der Waals surface area contributed by atoms with E-state index in [2.05, 4.69) is 10.2 Å². The lowest BCUT2D eigenvalue weighted by Gasteiger charge is -2.53. The number of para-hydroxylation sites is 1. The van der Waals surface area contributed by atoms with Crippen molar-refractivity contribution < 1.29 is 24.5 Å². The molecule has 2 aliphatic heterocycles. The number of benzene rings is 1. The number of phenols is 1. The molecule has 1 aliphatic carbocycles. The third kappa shape index (κ3) is 4.77. The maximum atomic E-state index is 13.3. The van der Waals surface area contributed by atoms with Crippen LogP contribution in [0.1, 0.15) is 31.2 Å². The Hall–Kier alpha value is -2.16. The smallest absolute Gasteiger partial charge is 0.228 e. The number of hydrogen-bond acceptors (Lipinski definition) is 6. The average Bonchev–Trinajstić information content (AvgIpc) is 2.83. The number of phenolic OH excluding ortho intramolecular Hbond substituents is 1. The van der Waals surface area contributed by atoms with E-state index in [4.69, 9.17) is 4.74 Å². The molecule has 0 unspecified atom stereocenters. The molecule has 2 amide bonds. The van der Waals surface area contributed by atoms with Crippen molar-refractivity contribution in [2.24, 2.45) is 11.3 Å². The average molecular weight is 446 g/mol. The number of fused-ring (bicyclic) bond motifs is 1. The van der Waals surface area contributed by atoms with Gasteiger partial charge in [0.05, 0.1) is 31.7 Å². The first-order valence-corrected chi connectivity index (χ1v) is 11.8. The molecule has 3 fully saturated rings. The van der Waals surface area contributed by atoms with Crippen molar-refractivity contribution in [3.63, 3.8) is 0 Å². The molecule has 32 heavy (non-hydrogen) atoms. The van der Waals surface area contributed by atoms with Crippen molar-refractivity contribution in [1.29, 1.82) is 0 Å². The molecule has 0 bridgehead atoms. The van der Waals surface area contributed by atoms with E-state index in [9.17, 15) is 19.8 Å². The van der Waals surface area contributed by atoms with Crippen LogP contribution in [-0.4, -0.2) is 90.4 Å². The predicted octanol–water partition coefficient (Wildman–Crippen LogP) is 0.763. The van der Waals surface area contributed by atoms with Crippen molar-refractivity contribution in [2.75, 3.05) is 52.5 Å². The van der Waals surface area contributed by atoms with Gasteiger partial charge in [-0.05, 0) is 37.7 Å². The highest BCUT2D eigenvalue weighted by Gasteiger charge is 2.53. The molecular formula is C24H35N3O5. The lowest BCUT2D eigenvalue weighted by molar-refractivity contribution is -0.151. The zero-order chi connectivity index (χ0) is 22.6. The second-order valence-corrected chi connectivity index (χ2v) is 9.32. The summed E-state index contributed by atoms with van der Waals surface area (Å²) in [5, 5.41) is 22.2. The standard InChI is InChI=1S/C24H35N3O5/c28-12-8-25-23(31)24-7-5-20(26-10-13-32-14-11-26)16-19(24)6-9-27(17-24)22(30)15-18-3-1-2-4-21(18)29/h1-4,19-20,28-29H,5-17H2,(H,25,31)/t19-,20-,24-/m1/s1. The van der Waals surface area contributed by atoms with Crippen LogP contribution < -0.4 is 5.32 Å². The minimum atomic E-state index is -0.620. The van der Waals surface area contributed by atoms with Crippen LogP contribution in [0.5, 0.6) is 5.75 Å². The molecule has 0 radical (unpaired) electrons. The summed E-state index contributed by atoms with van der Waals surface area (Å²) in [5.74, 6) is 0.223. The van der Waals surface area contributed by atoms with Gasteiger partial charge in [0.15, 0.2) is 0 Å². The van der Waals surface area contributed by atoms with Crippen molar-refractivity contribution in [3.05, 3.63) is 29.8 Å². The number of aliphatic hydroxyl groups excluding tert-OH is 1. The van der Waals surface area contributed by atoms with Crippen LogP contribution in [0.4, 0.5) is 0 Å². The largest absolute Gasteiger partial charge is 0.508 e. The maximum Gasteiger partial charge on any atom is 0.228 e. The summed E-state index contributed by atoms with van der Waals surface area (Å²) in [4.78, 5) is 30.7. The molecule has 2 saturated heterocycles. The van der Waals surface area contributed by atoms with E-state index in [0.29, 0.717) is 24.7 Å². The topological polar surface area (TPSA) is 102 Å². The van der Waals surface area contributed by atoms with Gasteiger partial charge in [-0.25, -0.2) is 0 Å². The fourth-order valence-electron chi connectivity index (χ4n) is 5.77. The molecule has 4 rings (SSSR count). The molecule has 1 aromatic rings. The SMILES string of the molecule is O=C(Cc1ccccc1O)N1CC[C@@H]2C[C@H](N3CCOCC3)CC[C@@]2(C(=O)NCCO)C1. The number of piperidine rings is 1. The second kappa shape index (κ2) is 10.2. The van der Waals surface area contributed by atoms with Gasteiger partial charge in [0.25, 0.3) is 0 Å². The second-order valence-electron chi connectivity index (χ2n) is 9.32. The normalized spacial score (nSPS) is 28.7. The number of nitrogens with one attached hydrogen (secondary N) is 1. The Labute approximate surface area is 189 Å². The number of carbonyl (C=O) groups excluding carboxylic acids is 2. The fourth-order valence-corrected chi connectivity index (χ4v) is 5.77. The van der Waals surface area contributed by atoms with E-state index in [0.717, 1.165) is 52.0 Å². The number of morpholine rings is 1. The predicted molar refractivity (Wildman–Crippen MR) is 119 cm³/mol. The Morgan fingerprint density at radius 3 is 2.69 bits per heavy atom. The minimum absolute atomic E-state index is 0.0444. The number of carbonyl (C=O) groups is 2. The van der Waals surface area contributed by atoms with Crippen LogP contribution in [0.25, 0.3) is 0 Å². The highest BCUT2D eigenvalue weighted by molar-refractivity contribution is 5.86. The molecule has 0 aromatic heterocycles. The first-order valence-electron chi connectivity index (χ1n) is 11.8. The first kappa shape index (κ1) is 23.0. The number of aliphatic hydroxyl groups is 1. The number of hydrogen-bond donors (Lipinski definition) is 3. The summed E-state index contributed by atoms with van der Waals surface area (Å²) in [6.07, 6.45) is 3.53. The molecule has 8 heteroatoms. The Kier molecular flexibility index (Phi) is 7.33. The van der Waals surface area contributed by atoms with Crippen LogP contribution in [0.3, 0.4) is 0 Å². The Morgan fingerprint density at radius 2 is 1.94 bits per heavy atom. The minimum Gasteiger partial charge on any atom is -0.508 e. The third-order valence-corrected chi connectivity index (χ3v) is 7.58. The quantitative estimate of drug-likeness (QED) is 0.598. The summed E-state index contributed by atoms with van der Waals surface area (Å²) in [5.41, 5.74) is -0.0145. The molecule has 0 spiro atoms. The fraction of sp³-hybridized carbons (Fsp3) is 0.667. The van der Waals surface area contributed by atoms with Gasteiger partial charge in [0.2, 0.25) is 11.8 Å². The Bertz CT molecular complexity index is 813. The van der Waals surface area contributed by atoms with Crippen molar-refractivity contribution in [2.45, 2.75) is 38.1 Å². The van der Waals surface area contributed by atoms with Gasteiger partial charge in [0, 0.05) is 44.3 Å². The lowest BCUT2D eigenvalue weighted by atomic mass is 9.60. The molecule has 2 heterocycles. The molecule has 1 saturated carbocycles. The number of rotatable bonds is 6. The van der Waals surface area contributed by atoms with Gasteiger partial charge in [-0.3, -0.25) is 14.5 Å². The monoisotopic (exact) mass is 445 g/mol. The van der Waals surface area contributed by atoms with Crippen molar-refractivity contribution in [1.82, 2.24) is 15.1 Å². The first-order chi connectivity index (χ1) is 15.5. The number of likely N-dealkylation sites (tertiary alicyclic amines) is 1. The molecule has 3 N–H and O–H groups in total. The van der Waals surface area contributed by atoms with E-state index in [1.165, 1.54) is 0 Å². The van der Waals surface area contributed by atoms with E-state index in [1.54, 1.807) is 23.1 Å². The number of ether oxygens (including phenoxy) is 1. The zero-order valence-electron chi connectivity index (χ0n) is 18.7. The number of aromatic hydroxyl groups is 1. The van der Waals surface area contributed by atoms with Crippen molar-refractivity contribution >= 4 is 11.8 Å². The summed E-state index contributed by atoms with van der Waals surface area (Å²) < 4.78 is 5.51. The van der Waals surface area contributed by atoms with E-state index < -0.39 is 5.41 Å².